The summed E-state index contributed by atoms with van der Waals surface area (Å²) >= 11 is 0. The summed E-state index contributed by atoms with van der Waals surface area (Å²) in [6.07, 6.45) is 1.37. The SMILES string of the molecule is COc1ccc(/C=C(\C#N)C(=O)N(c2cccc(C)c2C)S(=O)(=O)c2ccc(C)cc2)cc1. The molecule has 3 rings (SSSR count). The number of carbonyl (C=O) groups excluding carboxylic acids is 1. The normalized spacial score (nSPS) is 11.5. The standard InChI is InChI=1S/C26H24N2O4S/c1-18-8-14-24(15-9-18)33(30,31)28(25-7-5-6-19(2)20(25)3)26(29)22(17-27)16-21-10-12-23(32-4)13-11-21/h5-16H,1-4H3/b22-16+. The van der Waals surface area contributed by atoms with Crippen LogP contribution in [0.25, 0.3) is 6.08 Å². The van der Waals surface area contributed by atoms with Crippen molar-refractivity contribution in [3.63, 3.8) is 0 Å². The fourth-order valence-corrected chi connectivity index (χ4v) is 4.70. The van der Waals surface area contributed by atoms with Crippen molar-refractivity contribution in [3.8, 4) is 11.8 Å². The number of aryl methyl sites for hydroxylation is 2. The van der Waals surface area contributed by atoms with Gasteiger partial charge in [0.1, 0.15) is 17.4 Å². The summed E-state index contributed by atoms with van der Waals surface area (Å²) in [5, 5.41) is 9.77. The maximum absolute atomic E-state index is 13.7. The van der Waals surface area contributed by atoms with Crippen molar-refractivity contribution in [2.75, 3.05) is 11.4 Å². The van der Waals surface area contributed by atoms with Gasteiger partial charge in [-0.1, -0.05) is 42.0 Å². The number of methoxy groups -OCH3 is 1. The Balaban J connectivity index is 2.18. The maximum Gasteiger partial charge on any atom is 0.282 e. The molecule has 168 valence electrons. The second kappa shape index (κ2) is 9.72. The highest BCUT2D eigenvalue weighted by Crippen LogP contribution is 2.30. The molecule has 0 bridgehead atoms. The Morgan fingerprint density at radius 3 is 2.18 bits per heavy atom. The van der Waals surface area contributed by atoms with E-state index in [-0.39, 0.29) is 16.2 Å². The number of hydrogen-bond donors (Lipinski definition) is 0. The third-order valence-corrected chi connectivity index (χ3v) is 7.03. The number of nitriles is 1. The highest BCUT2D eigenvalue weighted by Gasteiger charge is 2.34. The number of hydrogen-bond acceptors (Lipinski definition) is 5. The van der Waals surface area contributed by atoms with E-state index < -0.39 is 15.9 Å². The first-order valence-corrected chi connectivity index (χ1v) is 11.6. The van der Waals surface area contributed by atoms with Crippen molar-refractivity contribution < 1.29 is 17.9 Å². The molecule has 0 aliphatic heterocycles. The van der Waals surface area contributed by atoms with Gasteiger partial charge in [0, 0.05) is 0 Å². The number of sulfonamides is 1. The van der Waals surface area contributed by atoms with E-state index in [1.165, 1.54) is 25.3 Å². The summed E-state index contributed by atoms with van der Waals surface area (Å²) in [6.45, 7) is 5.42. The predicted molar refractivity (Wildman–Crippen MR) is 128 cm³/mol. The van der Waals surface area contributed by atoms with Crippen LogP contribution < -0.4 is 9.04 Å². The minimum Gasteiger partial charge on any atom is -0.497 e. The molecule has 0 radical (unpaired) electrons. The number of benzene rings is 3. The minimum absolute atomic E-state index is 0.0379. The lowest BCUT2D eigenvalue weighted by Crippen LogP contribution is -2.38. The number of anilines is 1. The molecule has 0 N–H and O–H groups in total. The molecule has 7 heteroatoms. The summed E-state index contributed by atoms with van der Waals surface area (Å²) in [5.41, 5.74) is 2.79. The van der Waals surface area contributed by atoms with Crippen LogP contribution in [0, 0.1) is 32.1 Å². The monoisotopic (exact) mass is 460 g/mol. The fraction of sp³-hybridized carbons (Fsp3) is 0.154. The van der Waals surface area contributed by atoms with Gasteiger partial charge in [-0.3, -0.25) is 4.79 Å². The average Bonchev–Trinajstić information content (AvgIpc) is 2.81. The van der Waals surface area contributed by atoms with Crippen molar-refractivity contribution in [3.05, 3.63) is 94.6 Å². The Kier molecular flexibility index (Phi) is 7.00. The van der Waals surface area contributed by atoms with Gasteiger partial charge in [-0.25, -0.2) is 8.42 Å². The van der Waals surface area contributed by atoms with Crippen LogP contribution >= 0.6 is 0 Å². The lowest BCUT2D eigenvalue weighted by Gasteiger charge is -2.25. The molecule has 0 unspecified atom stereocenters. The Bertz CT molecular complexity index is 1350. The van der Waals surface area contributed by atoms with E-state index in [1.807, 2.05) is 26.0 Å². The molecule has 0 fully saturated rings. The molecule has 0 spiro atoms. The van der Waals surface area contributed by atoms with Crippen LogP contribution in [0.5, 0.6) is 5.75 Å². The Hall–Kier alpha value is -3.89. The summed E-state index contributed by atoms with van der Waals surface area (Å²) < 4.78 is 33.2. The van der Waals surface area contributed by atoms with E-state index in [1.54, 1.807) is 55.5 Å². The fourth-order valence-electron chi connectivity index (χ4n) is 3.24. The quantitative estimate of drug-likeness (QED) is 0.384. The van der Waals surface area contributed by atoms with Crippen LogP contribution in [-0.2, 0) is 14.8 Å². The maximum atomic E-state index is 13.7. The summed E-state index contributed by atoms with van der Waals surface area (Å²) in [6, 6.07) is 19.9. The second-order valence-electron chi connectivity index (χ2n) is 7.55. The number of carbonyl (C=O) groups is 1. The van der Waals surface area contributed by atoms with Gasteiger partial charge in [-0.05, 0) is 73.9 Å². The molecule has 0 saturated carbocycles. The van der Waals surface area contributed by atoms with Crippen LogP contribution in [0.15, 0.2) is 77.2 Å². The molecule has 0 atom stereocenters. The Morgan fingerprint density at radius 2 is 1.61 bits per heavy atom. The van der Waals surface area contributed by atoms with Crippen LogP contribution in [0.2, 0.25) is 0 Å². The smallest absolute Gasteiger partial charge is 0.282 e. The molecule has 6 nitrogen and oxygen atoms in total. The van der Waals surface area contributed by atoms with Gasteiger partial charge in [-0.2, -0.15) is 9.57 Å². The minimum atomic E-state index is -4.30. The first kappa shape index (κ1) is 23.8. The Labute approximate surface area is 194 Å². The van der Waals surface area contributed by atoms with E-state index in [4.69, 9.17) is 4.74 Å². The van der Waals surface area contributed by atoms with Crippen LogP contribution in [0.3, 0.4) is 0 Å². The zero-order valence-electron chi connectivity index (χ0n) is 18.9. The molecule has 1 amide bonds. The summed E-state index contributed by atoms with van der Waals surface area (Å²) in [7, 11) is -2.76. The van der Waals surface area contributed by atoms with E-state index in [9.17, 15) is 18.5 Å². The zero-order chi connectivity index (χ0) is 24.2. The summed E-state index contributed by atoms with van der Waals surface area (Å²) in [4.78, 5) is 13.5. The van der Waals surface area contributed by atoms with Gasteiger partial charge >= 0.3 is 0 Å². The number of rotatable bonds is 6. The molecule has 3 aromatic carbocycles. The van der Waals surface area contributed by atoms with Crippen molar-refractivity contribution in [1.82, 2.24) is 0 Å². The van der Waals surface area contributed by atoms with Gasteiger partial charge in [0.15, 0.2) is 0 Å². The number of amides is 1. The van der Waals surface area contributed by atoms with Gasteiger partial charge in [-0.15, -0.1) is 0 Å². The van der Waals surface area contributed by atoms with Gasteiger partial charge < -0.3 is 4.74 Å². The van der Waals surface area contributed by atoms with Crippen molar-refractivity contribution in [2.24, 2.45) is 0 Å². The van der Waals surface area contributed by atoms with Crippen molar-refractivity contribution >= 4 is 27.7 Å². The lowest BCUT2D eigenvalue weighted by atomic mass is 10.1. The van der Waals surface area contributed by atoms with E-state index in [0.29, 0.717) is 16.9 Å². The largest absolute Gasteiger partial charge is 0.497 e. The van der Waals surface area contributed by atoms with E-state index in [2.05, 4.69) is 0 Å². The van der Waals surface area contributed by atoms with Gasteiger partial charge in [0.05, 0.1) is 17.7 Å². The third kappa shape index (κ3) is 4.97. The van der Waals surface area contributed by atoms with E-state index >= 15 is 0 Å². The first-order valence-electron chi connectivity index (χ1n) is 10.2. The molecule has 0 heterocycles. The number of ether oxygens (including phenoxy) is 1. The molecular weight excluding hydrogens is 436 g/mol. The zero-order valence-corrected chi connectivity index (χ0v) is 19.7. The van der Waals surface area contributed by atoms with E-state index in [0.717, 1.165) is 15.4 Å². The highest BCUT2D eigenvalue weighted by molar-refractivity contribution is 7.93. The topological polar surface area (TPSA) is 87.5 Å². The van der Waals surface area contributed by atoms with Gasteiger partial charge in [0.2, 0.25) is 0 Å². The van der Waals surface area contributed by atoms with Crippen molar-refractivity contribution in [2.45, 2.75) is 25.7 Å². The second-order valence-corrected chi connectivity index (χ2v) is 9.34. The third-order valence-electron chi connectivity index (χ3n) is 5.32. The Morgan fingerprint density at radius 1 is 0.970 bits per heavy atom. The lowest BCUT2D eigenvalue weighted by molar-refractivity contribution is -0.113. The molecule has 0 aliphatic rings. The van der Waals surface area contributed by atoms with Crippen molar-refractivity contribution in [1.29, 1.82) is 5.26 Å². The molecule has 3 aromatic rings. The molecule has 0 aromatic heterocycles. The highest BCUT2D eigenvalue weighted by atomic mass is 32.2. The average molecular weight is 461 g/mol. The van der Waals surface area contributed by atoms with Crippen LogP contribution in [-0.4, -0.2) is 21.4 Å². The van der Waals surface area contributed by atoms with Crippen LogP contribution in [0.4, 0.5) is 5.69 Å². The molecular formula is C26H24N2O4S. The number of nitrogens with zero attached hydrogens (tertiary/aromatic N) is 2. The van der Waals surface area contributed by atoms with Gasteiger partial charge in [0.25, 0.3) is 15.9 Å². The summed E-state index contributed by atoms with van der Waals surface area (Å²) in [5.74, 6) is -0.307. The molecule has 0 saturated heterocycles. The molecule has 0 aliphatic carbocycles. The molecule has 33 heavy (non-hydrogen) atoms. The first-order chi connectivity index (χ1) is 15.7. The predicted octanol–water partition coefficient (Wildman–Crippen LogP) is 4.95. The van der Waals surface area contributed by atoms with Crippen LogP contribution in [0.1, 0.15) is 22.3 Å².